The molecule has 0 radical (unpaired) electrons. The molecule has 0 bridgehead atoms. The molecule has 2 aromatic rings. The van der Waals surface area contributed by atoms with E-state index in [1.54, 1.807) is 14.2 Å². The van der Waals surface area contributed by atoms with Crippen molar-refractivity contribution in [2.45, 2.75) is 43.7 Å². The lowest BCUT2D eigenvalue weighted by molar-refractivity contribution is -0.115. The van der Waals surface area contributed by atoms with E-state index < -0.39 is 5.60 Å². The van der Waals surface area contributed by atoms with Crippen LogP contribution in [0.2, 0.25) is 0 Å². The second kappa shape index (κ2) is 8.07. The Kier molecular flexibility index (Phi) is 5.50. The van der Waals surface area contributed by atoms with Crippen molar-refractivity contribution < 1.29 is 19.4 Å². The van der Waals surface area contributed by atoms with Gasteiger partial charge in [0.25, 0.3) is 5.91 Å². The van der Waals surface area contributed by atoms with E-state index in [9.17, 15) is 9.90 Å². The van der Waals surface area contributed by atoms with Crippen LogP contribution in [-0.4, -0.2) is 42.3 Å². The number of likely N-dealkylation sites (tertiary alicyclic amines) is 1. The molecular weight excluding hydrogens is 366 g/mol. The summed E-state index contributed by atoms with van der Waals surface area (Å²) in [7, 11) is 3.26. The highest BCUT2D eigenvalue weighted by atomic mass is 16.5. The van der Waals surface area contributed by atoms with E-state index in [1.165, 1.54) is 0 Å². The van der Waals surface area contributed by atoms with Crippen molar-refractivity contribution in [1.29, 1.82) is 0 Å². The zero-order valence-corrected chi connectivity index (χ0v) is 17.1. The number of hydrogen-bond acceptors (Lipinski definition) is 4. The average molecular weight is 395 g/mol. The number of aliphatic hydroxyl groups is 1. The van der Waals surface area contributed by atoms with Crippen LogP contribution in [-0.2, 0) is 0 Å². The highest BCUT2D eigenvalue weighted by molar-refractivity contribution is 5.94. The van der Waals surface area contributed by atoms with E-state index in [0.29, 0.717) is 30.0 Å². The Morgan fingerprint density at radius 1 is 1.07 bits per heavy atom. The molecule has 29 heavy (non-hydrogen) atoms. The number of nitrogens with zero attached hydrogens (tertiary/aromatic N) is 1. The molecular formula is C24H29NO4. The van der Waals surface area contributed by atoms with Gasteiger partial charge in [-0.3, -0.25) is 4.79 Å². The number of methoxy groups -OCH3 is 2. The summed E-state index contributed by atoms with van der Waals surface area (Å²) in [5.41, 5.74) is 0.871. The number of amides is 1. The van der Waals surface area contributed by atoms with Crippen molar-refractivity contribution in [1.82, 2.24) is 4.90 Å². The summed E-state index contributed by atoms with van der Waals surface area (Å²) in [6, 6.07) is 14.9. The monoisotopic (exact) mass is 395 g/mol. The fraction of sp³-hybridized carbons (Fsp3) is 0.458. The third-order valence-electron chi connectivity index (χ3n) is 6.61. The van der Waals surface area contributed by atoms with Gasteiger partial charge in [-0.1, -0.05) is 31.0 Å². The molecule has 3 atom stereocenters. The molecule has 1 aliphatic carbocycles. The van der Waals surface area contributed by atoms with Crippen molar-refractivity contribution in [3.63, 3.8) is 0 Å². The number of ether oxygens (including phenoxy) is 2. The van der Waals surface area contributed by atoms with Gasteiger partial charge in [0, 0.05) is 29.7 Å². The maximum absolute atomic E-state index is 13.5. The third kappa shape index (κ3) is 3.60. The van der Waals surface area contributed by atoms with E-state index in [1.807, 2.05) is 53.4 Å². The van der Waals surface area contributed by atoms with Crippen molar-refractivity contribution >= 4 is 5.91 Å². The molecule has 2 fully saturated rings. The number of piperidine rings is 1. The van der Waals surface area contributed by atoms with Gasteiger partial charge in [-0.2, -0.15) is 0 Å². The Balaban J connectivity index is 1.80. The van der Waals surface area contributed by atoms with Gasteiger partial charge in [0.1, 0.15) is 11.5 Å². The van der Waals surface area contributed by atoms with Crippen LogP contribution in [0.25, 0.3) is 0 Å². The summed E-state index contributed by atoms with van der Waals surface area (Å²) in [6.45, 7) is 0.528. The lowest BCUT2D eigenvalue weighted by Crippen LogP contribution is -2.56. The molecule has 1 heterocycles. The van der Waals surface area contributed by atoms with Crippen LogP contribution in [0.1, 0.15) is 54.1 Å². The molecule has 1 saturated carbocycles. The van der Waals surface area contributed by atoms with Crippen LogP contribution in [0.3, 0.4) is 0 Å². The van der Waals surface area contributed by atoms with Crippen LogP contribution in [0.15, 0.2) is 48.5 Å². The molecule has 0 unspecified atom stereocenters. The SMILES string of the molecule is COc1ccc([C@H]2[C@H]3CCCC[C@]3(O)CCN2C(=O)c2ccccc2)c(OC)c1. The standard InChI is InChI=1S/C24H29NO4/c1-28-18-11-12-19(21(16-18)29-2)22-20-10-6-7-13-24(20,27)14-15-25(22)23(26)17-8-4-3-5-9-17/h3-5,8-9,11-12,16,20,22,27H,6-7,10,13-15H2,1-2H3/t20-,22+,24+/m1/s1. The molecule has 1 aliphatic heterocycles. The molecule has 1 N–H and O–H groups in total. The Labute approximate surface area is 172 Å². The van der Waals surface area contributed by atoms with Crippen LogP contribution in [0, 0.1) is 5.92 Å². The lowest BCUT2D eigenvalue weighted by Gasteiger charge is -2.52. The fourth-order valence-electron chi connectivity index (χ4n) is 5.10. The van der Waals surface area contributed by atoms with E-state index in [0.717, 1.165) is 31.2 Å². The summed E-state index contributed by atoms with van der Waals surface area (Å²) in [5.74, 6) is 1.39. The maximum Gasteiger partial charge on any atom is 0.254 e. The largest absolute Gasteiger partial charge is 0.497 e. The highest BCUT2D eigenvalue weighted by Crippen LogP contribution is 2.51. The van der Waals surface area contributed by atoms with Crippen molar-refractivity contribution in [3.05, 3.63) is 59.7 Å². The normalized spacial score (nSPS) is 26.5. The minimum absolute atomic E-state index is 0.00101. The number of hydrogen-bond donors (Lipinski definition) is 1. The molecule has 0 aromatic heterocycles. The van der Waals surface area contributed by atoms with Crippen LogP contribution in [0.4, 0.5) is 0 Å². The third-order valence-corrected chi connectivity index (χ3v) is 6.61. The number of carbonyl (C=O) groups is 1. The number of fused-ring (bicyclic) bond motifs is 1. The average Bonchev–Trinajstić information content (AvgIpc) is 2.77. The van der Waals surface area contributed by atoms with Gasteiger partial charge in [0.05, 0.1) is 25.9 Å². The molecule has 5 nitrogen and oxygen atoms in total. The van der Waals surface area contributed by atoms with Gasteiger partial charge in [-0.05, 0) is 43.5 Å². The van der Waals surface area contributed by atoms with Crippen molar-refractivity contribution in [3.8, 4) is 11.5 Å². The summed E-state index contributed by atoms with van der Waals surface area (Å²) in [6.07, 6.45) is 4.40. The molecule has 4 rings (SSSR count). The zero-order valence-electron chi connectivity index (χ0n) is 17.1. The predicted molar refractivity (Wildman–Crippen MR) is 111 cm³/mol. The van der Waals surface area contributed by atoms with E-state index in [2.05, 4.69) is 0 Å². The van der Waals surface area contributed by atoms with Gasteiger partial charge < -0.3 is 19.5 Å². The second-order valence-corrected chi connectivity index (χ2v) is 8.12. The van der Waals surface area contributed by atoms with Gasteiger partial charge in [0.2, 0.25) is 0 Å². The minimum atomic E-state index is -0.735. The maximum atomic E-state index is 13.5. The van der Waals surface area contributed by atoms with Crippen LogP contribution < -0.4 is 9.47 Å². The second-order valence-electron chi connectivity index (χ2n) is 8.12. The number of benzene rings is 2. The van der Waals surface area contributed by atoms with Gasteiger partial charge >= 0.3 is 0 Å². The Morgan fingerprint density at radius 3 is 2.59 bits per heavy atom. The summed E-state index contributed by atoms with van der Waals surface area (Å²) >= 11 is 0. The van der Waals surface area contributed by atoms with Crippen molar-refractivity contribution in [2.75, 3.05) is 20.8 Å². The molecule has 0 spiro atoms. The summed E-state index contributed by atoms with van der Waals surface area (Å²) < 4.78 is 11.0. The molecule has 2 aromatic carbocycles. The quantitative estimate of drug-likeness (QED) is 0.842. The number of rotatable bonds is 4. The molecule has 5 heteroatoms. The first-order chi connectivity index (χ1) is 14.1. The predicted octanol–water partition coefficient (Wildman–Crippen LogP) is 4.21. The van der Waals surface area contributed by atoms with Crippen LogP contribution >= 0.6 is 0 Å². The smallest absolute Gasteiger partial charge is 0.254 e. The van der Waals surface area contributed by atoms with E-state index in [4.69, 9.17) is 9.47 Å². The molecule has 1 saturated heterocycles. The topological polar surface area (TPSA) is 59.0 Å². The summed E-state index contributed by atoms with van der Waals surface area (Å²) in [4.78, 5) is 15.4. The Bertz CT molecular complexity index is 868. The molecule has 1 amide bonds. The Morgan fingerprint density at radius 2 is 1.86 bits per heavy atom. The lowest BCUT2D eigenvalue weighted by atomic mass is 9.66. The van der Waals surface area contributed by atoms with E-state index >= 15 is 0 Å². The van der Waals surface area contributed by atoms with Gasteiger partial charge in [-0.15, -0.1) is 0 Å². The first-order valence-corrected chi connectivity index (χ1v) is 10.4. The zero-order chi connectivity index (χ0) is 20.4. The Hall–Kier alpha value is -2.53. The number of carbonyl (C=O) groups excluding carboxylic acids is 1. The van der Waals surface area contributed by atoms with E-state index in [-0.39, 0.29) is 17.9 Å². The highest BCUT2D eigenvalue weighted by Gasteiger charge is 2.50. The summed E-state index contributed by atoms with van der Waals surface area (Å²) in [5, 5.41) is 11.5. The molecule has 154 valence electrons. The van der Waals surface area contributed by atoms with Crippen molar-refractivity contribution in [2.24, 2.45) is 5.92 Å². The minimum Gasteiger partial charge on any atom is -0.497 e. The fourth-order valence-corrected chi connectivity index (χ4v) is 5.10. The van der Waals surface area contributed by atoms with Gasteiger partial charge in [-0.25, -0.2) is 0 Å². The molecule has 2 aliphatic rings. The van der Waals surface area contributed by atoms with Crippen LogP contribution in [0.5, 0.6) is 11.5 Å². The van der Waals surface area contributed by atoms with Gasteiger partial charge in [0.15, 0.2) is 0 Å². The first-order valence-electron chi connectivity index (χ1n) is 10.4. The first kappa shape index (κ1) is 19.8.